The summed E-state index contributed by atoms with van der Waals surface area (Å²) in [6.45, 7) is 5.58. The number of halogens is 1. The molecule has 1 aliphatic heterocycles. The highest BCUT2D eigenvalue weighted by atomic mass is 127. The van der Waals surface area contributed by atoms with Crippen LogP contribution in [0.2, 0.25) is 0 Å². The molecular weight excluding hydrogens is 519 g/mol. The molecule has 0 aliphatic carbocycles. The number of aromatic nitrogens is 1. The van der Waals surface area contributed by atoms with Gasteiger partial charge in [0.15, 0.2) is 5.96 Å². The van der Waals surface area contributed by atoms with Crippen LogP contribution in [0.15, 0.2) is 53.8 Å². The summed E-state index contributed by atoms with van der Waals surface area (Å²) >= 11 is 0. The number of rotatable bonds is 9. The minimum Gasteiger partial charge on any atom is -0.497 e. The highest BCUT2D eigenvalue weighted by Gasteiger charge is 2.24. The first kappa shape index (κ1) is 25.9. The third-order valence-corrected chi connectivity index (χ3v) is 5.19. The lowest BCUT2D eigenvalue weighted by Gasteiger charge is -2.29. The first-order valence-corrected chi connectivity index (χ1v) is 10.8. The summed E-state index contributed by atoms with van der Waals surface area (Å²) in [6.07, 6.45) is 5.70. The molecule has 1 saturated heterocycles. The van der Waals surface area contributed by atoms with Crippen molar-refractivity contribution in [3.63, 3.8) is 0 Å². The predicted octanol–water partition coefficient (Wildman–Crippen LogP) is 3.04. The number of carbonyl (C=O) groups is 1. The molecule has 0 bridgehead atoms. The zero-order valence-corrected chi connectivity index (χ0v) is 21.0. The van der Waals surface area contributed by atoms with Gasteiger partial charge in [-0.1, -0.05) is 12.1 Å². The lowest BCUT2D eigenvalue weighted by atomic mass is 10.1. The molecule has 32 heavy (non-hydrogen) atoms. The number of hydrogen-bond donors (Lipinski definition) is 3. The fourth-order valence-corrected chi connectivity index (χ4v) is 3.68. The Morgan fingerprint density at radius 1 is 1.22 bits per heavy atom. The molecule has 2 heterocycles. The number of anilines is 1. The van der Waals surface area contributed by atoms with Gasteiger partial charge in [0.25, 0.3) is 0 Å². The van der Waals surface area contributed by atoms with Crippen LogP contribution in [0.1, 0.15) is 31.4 Å². The van der Waals surface area contributed by atoms with E-state index >= 15 is 0 Å². The Morgan fingerprint density at radius 3 is 2.72 bits per heavy atom. The summed E-state index contributed by atoms with van der Waals surface area (Å²) in [5.74, 6) is 1.29. The van der Waals surface area contributed by atoms with E-state index in [9.17, 15) is 4.79 Å². The van der Waals surface area contributed by atoms with Crippen molar-refractivity contribution in [3.05, 3.63) is 54.4 Å². The van der Waals surface area contributed by atoms with Gasteiger partial charge in [0.2, 0.25) is 5.91 Å². The number of ether oxygens (including phenoxy) is 1. The molecule has 1 aromatic heterocycles. The van der Waals surface area contributed by atoms with Gasteiger partial charge in [-0.15, -0.1) is 24.0 Å². The fraction of sp³-hybridized carbons (Fsp3) is 0.435. The van der Waals surface area contributed by atoms with Crippen LogP contribution in [0.5, 0.6) is 5.75 Å². The third-order valence-electron chi connectivity index (χ3n) is 5.19. The number of amides is 1. The predicted molar refractivity (Wildman–Crippen MR) is 139 cm³/mol. The topological polar surface area (TPSA) is 90.9 Å². The maximum absolute atomic E-state index is 12.2. The van der Waals surface area contributed by atoms with E-state index in [-0.39, 0.29) is 42.5 Å². The van der Waals surface area contributed by atoms with Gasteiger partial charge in [-0.05, 0) is 62.7 Å². The molecule has 9 heteroatoms. The molecule has 1 amide bonds. The molecule has 1 unspecified atom stereocenters. The first-order chi connectivity index (χ1) is 15.2. The average Bonchev–Trinajstić information content (AvgIpc) is 3.33. The van der Waals surface area contributed by atoms with E-state index in [1.807, 2.05) is 19.1 Å². The van der Waals surface area contributed by atoms with E-state index < -0.39 is 0 Å². The van der Waals surface area contributed by atoms with E-state index in [2.05, 4.69) is 43.0 Å². The second-order valence-corrected chi connectivity index (χ2v) is 7.40. The fourth-order valence-electron chi connectivity index (χ4n) is 3.68. The van der Waals surface area contributed by atoms with Crippen molar-refractivity contribution in [2.75, 3.05) is 45.2 Å². The van der Waals surface area contributed by atoms with Crippen molar-refractivity contribution >= 4 is 41.5 Å². The summed E-state index contributed by atoms with van der Waals surface area (Å²) in [6, 6.07) is 12.0. The molecule has 1 aliphatic rings. The summed E-state index contributed by atoms with van der Waals surface area (Å²) in [7, 11) is 1.69. The van der Waals surface area contributed by atoms with Crippen molar-refractivity contribution in [1.29, 1.82) is 0 Å². The number of nitrogens with one attached hydrogen (secondary N) is 3. The molecule has 1 aromatic carbocycles. The van der Waals surface area contributed by atoms with E-state index in [1.165, 1.54) is 18.4 Å². The summed E-state index contributed by atoms with van der Waals surface area (Å²) in [5, 5.41) is 9.44. The van der Waals surface area contributed by atoms with Crippen molar-refractivity contribution < 1.29 is 9.53 Å². The van der Waals surface area contributed by atoms with Crippen molar-refractivity contribution in [2.24, 2.45) is 4.99 Å². The molecule has 1 atom stereocenters. The van der Waals surface area contributed by atoms with Crippen LogP contribution < -0.4 is 20.7 Å². The second kappa shape index (κ2) is 13.9. The number of carbonyl (C=O) groups excluding carboxylic acids is 1. The van der Waals surface area contributed by atoms with Crippen LogP contribution in [-0.2, 0) is 4.79 Å². The molecule has 174 valence electrons. The Morgan fingerprint density at radius 2 is 2.03 bits per heavy atom. The molecule has 0 radical (unpaired) electrons. The number of aliphatic imine (C=N–C) groups is 1. The van der Waals surface area contributed by atoms with Gasteiger partial charge >= 0.3 is 0 Å². The van der Waals surface area contributed by atoms with Crippen LogP contribution in [0.4, 0.5) is 5.69 Å². The van der Waals surface area contributed by atoms with Crippen LogP contribution >= 0.6 is 24.0 Å². The number of hydrogen-bond acceptors (Lipinski definition) is 5. The smallest absolute Gasteiger partial charge is 0.246 e. The Bertz CT molecular complexity index is 859. The van der Waals surface area contributed by atoms with Gasteiger partial charge in [0.1, 0.15) is 12.3 Å². The van der Waals surface area contributed by atoms with E-state index in [0.29, 0.717) is 24.7 Å². The molecule has 1 fully saturated rings. The Kier molecular flexibility index (Phi) is 11.2. The minimum absolute atomic E-state index is 0. The van der Waals surface area contributed by atoms with Crippen LogP contribution in [0.3, 0.4) is 0 Å². The van der Waals surface area contributed by atoms with Gasteiger partial charge in [-0.25, -0.2) is 4.99 Å². The van der Waals surface area contributed by atoms with E-state index in [1.54, 1.807) is 31.6 Å². The Hall–Kier alpha value is -2.40. The number of guanidine groups is 1. The molecule has 3 rings (SSSR count). The van der Waals surface area contributed by atoms with Crippen molar-refractivity contribution in [3.8, 4) is 5.75 Å². The average molecular weight is 552 g/mol. The zero-order chi connectivity index (χ0) is 21.9. The molecule has 3 N–H and O–H groups in total. The maximum atomic E-state index is 12.2. The van der Waals surface area contributed by atoms with Gasteiger partial charge in [-0.2, -0.15) is 0 Å². The minimum atomic E-state index is -0.186. The second-order valence-electron chi connectivity index (χ2n) is 7.40. The van der Waals surface area contributed by atoms with Crippen LogP contribution in [-0.4, -0.2) is 61.6 Å². The number of benzene rings is 1. The van der Waals surface area contributed by atoms with E-state index in [4.69, 9.17) is 4.74 Å². The van der Waals surface area contributed by atoms with Gasteiger partial charge in [0.05, 0.1) is 25.0 Å². The SMILES string of the molecule is CCNC(=NCC(=O)Nc1cccnc1)NCC(c1cccc(OC)c1)N1CCCC1.I. The number of nitrogens with zero attached hydrogens (tertiary/aromatic N) is 3. The van der Waals surface area contributed by atoms with Gasteiger partial charge in [0, 0.05) is 19.3 Å². The maximum Gasteiger partial charge on any atom is 0.246 e. The normalized spacial score (nSPS) is 14.9. The lowest BCUT2D eigenvalue weighted by Crippen LogP contribution is -2.43. The molecule has 8 nitrogen and oxygen atoms in total. The Labute approximate surface area is 207 Å². The third kappa shape index (κ3) is 7.94. The van der Waals surface area contributed by atoms with Crippen LogP contribution in [0.25, 0.3) is 0 Å². The van der Waals surface area contributed by atoms with Crippen molar-refractivity contribution in [2.45, 2.75) is 25.8 Å². The highest BCUT2D eigenvalue weighted by molar-refractivity contribution is 14.0. The quantitative estimate of drug-likeness (QED) is 0.252. The van der Waals surface area contributed by atoms with Gasteiger partial charge in [-0.3, -0.25) is 14.7 Å². The van der Waals surface area contributed by atoms with E-state index in [0.717, 1.165) is 18.8 Å². The summed E-state index contributed by atoms with van der Waals surface area (Å²) < 4.78 is 5.42. The number of methoxy groups -OCH3 is 1. The molecule has 2 aromatic rings. The molecule has 0 saturated carbocycles. The number of likely N-dealkylation sites (tertiary alicyclic amines) is 1. The lowest BCUT2D eigenvalue weighted by molar-refractivity contribution is -0.114. The Balaban J connectivity index is 0.00000363. The number of pyridine rings is 1. The van der Waals surface area contributed by atoms with Crippen LogP contribution in [0, 0.1) is 0 Å². The first-order valence-electron chi connectivity index (χ1n) is 10.8. The molecule has 0 spiro atoms. The summed E-state index contributed by atoms with van der Waals surface area (Å²) in [5.41, 5.74) is 1.87. The van der Waals surface area contributed by atoms with Crippen molar-refractivity contribution in [1.82, 2.24) is 20.5 Å². The van der Waals surface area contributed by atoms with Gasteiger partial charge < -0.3 is 20.7 Å². The monoisotopic (exact) mass is 552 g/mol. The summed E-state index contributed by atoms with van der Waals surface area (Å²) in [4.78, 5) is 23.2. The zero-order valence-electron chi connectivity index (χ0n) is 18.7. The molecular formula is C23H33IN6O2. The highest BCUT2D eigenvalue weighted by Crippen LogP contribution is 2.27. The standard InChI is InChI=1S/C23H32N6O2.HI/c1-3-25-23(27-17-22(30)28-19-9-7-11-24-15-19)26-16-21(29-12-4-5-13-29)18-8-6-10-20(14-18)31-2;/h6-11,14-15,21H,3-5,12-13,16-17H2,1-2H3,(H,28,30)(H2,25,26,27);1H. The largest absolute Gasteiger partial charge is 0.497 e.